The van der Waals surface area contributed by atoms with Crippen molar-refractivity contribution in [2.75, 3.05) is 38.3 Å². The number of anilines is 1. The Hall–Kier alpha value is -2.70. The minimum Gasteiger partial charge on any atom is -0.492 e. The van der Waals surface area contributed by atoms with Crippen LogP contribution in [0.25, 0.3) is 0 Å². The lowest BCUT2D eigenvalue weighted by molar-refractivity contribution is -0.114. The monoisotopic (exact) mass is 361 g/mol. The van der Waals surface area contributed by atoms with E-state index in [-0.39, 0.29) is 0 Å². The van der Waals surface area contributed by atoms with Gasteiger partial charge in [0.05, 0.1) is 13.2 Å². The summed E-state index contributed by atoms with van der Waals surface area (Å²) in [7, 11) is 1.60. The zero-order valence-corrected chi connectivity index (χ0v) is 16.1. The molecule has 3 amide bonds. The summed E-state index contributed by atoms with van der Waals surface area (Å²) < 4.78 is 11.3. The van der Waals surface area contributed by atoms with E-state index in [0.29, 0.717) is 36.1 Å². The van der Waals surface area contributed by atoms with Gasteiger partial charge in [0.2, 0.25) is 0 Å². The Bertz CT molecular complexity index is 674. The third-order valence-electron chi connectivity index (χ3n) is 4.16. The van der Waals surface area contributed by atoms with Gasteiger partial charge >= 0.3 is 6.03 Å². The molecule has 0 spiro atoms. The lowest BCUT2D eigenvalue weighted by Crippen LogP contribution is -2.32. The first-order chi connectivity index (χ1) is 12.5. The van der Waals surface area contributed by atoms with Gasteiger partial charge in [0.15, 0.2) is 0 Å². The van der Waals surface area contributed by atoms with Crippen molar-refractivity contribution in [1.29, 1.82) is 0 Å². The molecule has 0 saturated carbocycles. The fraction of sp³-hybridized carbons (Fsp3) is 0.474. The molecule has 1 aliphatic heterocycles. The number of nitrogens with zero attached hydrogens (tertiary/aromatic N) is 3. The molecule has 1 saturated heterocycles. The lowest BCUT2D eigenvalue weighted by Gasteiger charge is -2.20. The van der Waals surface area contributed by atoms with Gasteiger partial charge in [-0.25, -0.2) is 9.69 Å². The van der Waals surface area contributed by atoms with Crippen molar-refractivity contribution in [2.45, 2.75) is 27.7 Å². The molecule has 1 aromatic rings. The number of likely N-dealkylation sites (N-methyl/N-ethyl adjacent to an activating group) is 1. The second-order valence-electron chi connectivity index (χ2n) is 5.69. The Kier molecular flexibility index (Phi) is 6.49. The zero-order chi connectivity index (χ0) is 19.3. The van der Waals surface area contributed by atoms with Crippen molar-refractivity contribution in [3.05, 3.63) is 30.1 Å². The number of para-hydroxylation sites is 1. The molecule has 0 N–H and O–H groups in total. The van der Waals surface area contributed by atoms with E-state index in [1.807, 2.05) is 32.6 Å². The van der Waals surface area contributed by atoms with Crippen LogP contribution in [0.1, 0.15) is 27.7 Å². The van der Waals surface area contributed by atoms with Crippen LogP contribution < -0.4 is 14.4 Å². The van der Waals surface area contributed by atoms with E-state index in [1.165, 1.54) is 4.90 Å². The van der Waals surface area contributed by atoms with Gasteiger partial charge in [-0.3, -0.25) is 9.69 Å². The summed E-state index contributed by atoms with van der Waals surface area (Å²) in [6, 6.07) is 4.81. The van der Waals surface area contributed by atoms with Crippen LogP contribution in [0.3, 0.4) is 0 Å². The molecule has 0 atom stereocenters. The Labute approximate surface area is 154 Å². The highest BCUT2D eigenvalue weighted by Crippen LogP contribution is 2.41. The van der Waals surface area contributed by atoms with Gasteiger partial charge < -0.3 is 14.4 Å². The summed E-state index contributed by atoms with van der Waals surface area (Å²) >= 11 is 0. The number of imide groups is 1. The SMILES string of the molecule is CCOc1cccc(OCC)c1N1C(=O)/C(=C/N(CC)CC)N(C)C1=O. The van der Waals surface area contributed by atoms with Crippen LogP contribution in [0.4, 0.5) is 10.5 Å². The highest BCUT2D eigenvalue weighted by molar-refractivity contribution is 6.27. The molecule has 26 heavy (non-hydrogen) atoms. The average Bonchev–Trinajstić information content (AvgIpc) is 2.84. The number of carbonyl (C=O) groups is 2. The predicted molar refractivity (Wildman–Crippen MR) is 100 cm³/mol. The summed E-state index contributed by atoms with van der Waals surface area (Å²) in [4.78, 5) is 30.4. The van der Waals surface area contributed by atoms with Crippen molar-refractivity contribution >= 4 is 17.6 Å². The van der Waals surface area contributed by atoms with Crippen LogP contribution in [0.2, 0.25) is 0 Å². The van der Waals surface area contributed by atoms with Crippen molar-refractivity contribution < 1.29 is 19.1 Å². The summed E-state index contributed by atoms with van der Waals surface area (Å²) in [5, 5.41) is 0. The van der Waals surface area contributed by atoms with E-state index in [0.717, 1.165) is 18.0 Å². The molecule has 0 aliphatic carbocycles. The van der Waals surface area contributed by atoms with Gasteiger partial charge in [-0.1, -0.05) is 6.07 Å². The van der Waals surface area contributed by atoms with Crippen LogP contribution in [0.5, 0.6) is 11.5 Å². The molecular formula is C19H27N3O4. The molecule has 142 valence electrons. The Morgan fingerprint density at radius 3 is 2.00 bits per heavy atom. The van der Waals surface area contributed by atoms with Crippen molar-refractivity contribution in [1.82, 2.24) is 9.80 Å². The standard InChI is InChI=1S/C19H27N3O4/c1-6-21(7-2)13-14-18(23)22(19(24)20(14)5)17-15(25-8-3)11-10-12-16(17)26-9-4/h10-13H,6-9H2,1-5H3/b14-13-. The summed E-state index contributed by atoms with van der Waals surface area (Å²) in [5.74, 6) is 0.493. The Morgan fingerprint density at radius 1 is 1.00 bits per heavy atom. The lowest BCUT2D eigenvalue weighted by atomic mass is 10.2. The summed E-state index contributed by atoms with van der Waals surface area (Å²) in [5.41, 5.74) is 0.674. The number of rotatable bonds is 8. The fourth-order valence-electron chi connectivity index (χ4n) is 2.78. The molecule has 7 heteroatoms. The van der Waals surface area contributed by atoms with E-state index in [2.05, 4.69) is 0 Å². The molecule has 0 radical (unpaired) electrons. The number of amides is 3. The molecule has 0 aromatic heterocycles. The smallest absolute Gasteiger partial charge is 0.336 e. The predicted octanol–water partition coefficient (Wildman–Crippen LogP) is 3.07. The number of hydrogen-bond acceptors (Lipinski definition) is 5. The first kappa shape index (κ1) is 19.6. The molecular weight excluding hydrogens is 334 g/mol. The first-order valence-corrected chi connectivity index (χ1v) is 8.96. The maximum atomic E-state index is 13.1. The van der Waals surface area contributed by atoms with Gasteiger partial charge in [-0.05, 0) is 39.8 Å². The van der Waals surface area contributed by atoms with Crippen LogP contribution in [0.15, 0.2) is 30.1 Å². The summed E-state index contributed by atoms with van der Waals surface area (Å²) in [6.45, 7) is 10.0. The first-order valence-electron chi connectivity index (χ1n) is 8.96. The van der Waals surface area contributed by atoms with Crippen LogP contribution in [-0.2, 0) is 4.79 Å². The van der Waals surface area contributed by atoms with E-state index in [4.69, 9.17) is 9.47 Å². The van der Waals surface area contributed by atoms with Crippen molar-refractivity contribution in [3.8, 4) is 11.5 Å². The van der Waals surface area contributed by atoms with Crippen LogP contribution in [0, 0.1) is 0 Å². The van der Waals surface area contributed by atoms with Gasteiger partial charge in [-0.15, -0.1) is 0 Å². The minimum absolute atomic E-state index is 0.326. The molecule has 1 aliphatic rings. The highest BCUT2D eigenvalue weighted by atomic mass is 16.5. The van der Waals surface area contributed by atoms with Crippen LogP contribution >= 0.6 is 0 Å². The van der Waals surface area contributed by atoms with Gasteiger partial charge in [0.25, 0.3) is 5.91 Å². The molecule has 2 rings (SSSR count). The third kappa shape index (κ3) is 3.61. The Balaban J connectivity index is 2.55. The highest BCUT2D eigenvalue weighted by Gasteiger charge is 2.43. The number of ether oxygens (including phenoxy) is 2. The van der Waals surface area contributed by atoms with E-state index in [1.54, 1.807) is 31.4 Å². The van der Waals surface area contributed by atoms with Crippen molar-refractivity contribution in [3.63, 3.8) is 0 Å². The quantitative estimate of drug-likeness (QED) is 0.526. The average molecular weight is 361 g/mol. The fourth-order valence-corrected chi connectivity index (χ4v) is 2.78. The van der Waals surface area contributed by atoms with Crippen LogP contribution in [-0.4, -0.2) is 55.1 Å². The maximum Gasteiger partial charge on any atom is 0.336 e. The van der Waals surface area contributed by atoms with Gasteiger partial charge in [-0.2, -0.15) is 0 Å². The van der Waals surface area contributed by atoms with Crippen molar-refractivity contribution in [2.24, 2.45) is 0 Å². The topological polar surface area (TPSA) is 62.3 Å². The van der Waals surface area contributed by atoms with E-state index >= 15 is 0 Å². The Morgan fingerprint density at radius 2 is 1.54 bits per heavy atom. The van der Waals surface area contributed by atoms with E-state index in [9.17, 15) is 9.59 Å². The molecule has 1 aromatic carbocycles. The zero-order valence-electron chi connectivity index (χ0n) is 16.1. The second kappa shape index (κ2) is 8.60. The normalized spacial score (nSPS) is 15.8. The largest absolute Gasteiger partial charge is 0.492 e. The van der Waals surface area contributed by atoms with Gasteiger partial charge in [0, 0.05) is 26.3 Å². The molecule has 0 bridgehead atoms. The molecule has 0 unspecified atom stereocenters. The number of benzene rings is 1. The molecule has 7 nitrogen and oxygen atoms in total. The third-order valence-corrected chi connectivity index (χ3v) is 4.16. The minimum atomic E-state index is -0.429. The number of carbonyl (C=O) groups excluding carboxylic acids is 2. The van der Waals surface area contributed by atoms with E-state index < -0.39 is 11.9 Å². The number of hydrogen-bond donors (Lipinski definition) is 0. The van der Waals surface area contributed by atoms with Gasteiger partial charge in [0.1, 0.15) is 22.9 Å². The summed E-state index contributed by atoms with van der Waals surface area (Å²) in [6.07, 6.45) is 1.73. The maximum absolute atomic E-state index is 13.1. The second-order valence-corrected chi connectivity index (χ2v) is 5.69. The molecule has 1 heterocycles. The molecule has 1 fully saturated rings. The number of urea groups is 1.